The second-order valence-electron chi connectivity index (χ2n) is 3.94. The van der Waals surface area contributed by atoms with Crippen LogP contribution in [0.4, 0.5) is 21.8 Å². The molecule has 1 aromatic heterocycles. The van der Waals surface area contributed by atoms with E-state index in [1.807, 2.05) is 0 Å². The molecule has 2 N–H and O–H groups in total. The van der Waals surface area contributed by atoms with E-state index in [9.17, 15) is 19.3 Å². The van der Waals surface area contributed by atoms with E-state index in [0.717, 1.165) is 6.07 Å². The topological polar surface area (TPSA) is 123 Å². The van der Waals surface area contributed by atoms with E-state index in [1.54, 1.807) is 0 Å². The molecule has 0 unspecified atom stereocenters. The highest BCUT2D eigenvalue weighted by Crippen LogP contribution is 2.26. The molecule has 0 saturated heterocycles. The van der Waals surface area contributed by atoms with Crippen LogP contribution in [0.25, 0.3) is 0 Å². The molecule has 0 atom stereocenters. The van der Waals surface area contributed by atoms with E-state index in [4.69, 9.17) is 4.42 Å². The largest absolute Gasteiger partial charge is 0.408 e. The molecule has 0 aliphatic carbocycles. The van der Waals surface area contributed by atoms with Gasteiger partial charge in [0.15, 0.2) is 5.82 Å². The quantitative estimate of drug-likeness (QED) is 0.650. The van der Waals surface area contributed by atoms with E-state index in [1.165, 1.54) is 14.0 Å². The van der Waals surface area contributed by atoms with E-state index in [2.05, 4.69) is 20.8 Å². The van der Waals surface area contributed by atoms with E-state index < -0.39 is 22.3 Å². The molecule has 10 heteroatoms. The van der Waals surface area contributed by atoms with Gasteiger partial charge in [-0.1, -0.05) is 5.10 Å². The van der Waals surface area contributed by atoms with Crippen LogP contribution in [0, 0.1) is 22.9 Å². The third kappa shape index (κ3) is 2.94. The number of rotatable bonds is 4. The summed E-state index contributed by atoms with van der Waals surface area (Å²) in [7, 11) is 1.42. The summed E-state index contributed by atoms with van der Waals surface area (Å²) in [5.74, 6) is -1.48. The van der Waals surface area contributed by atoms with Crippen molar-refractivity contribution in [2.24, 2.45) is 0 Å². The maximum atomic E-state index is 13.5. The molecule has 0 bridgehead atoms. The van der Waals surface area contributed by atoms with Gasteiger partial charge < -0.3 is 9.73 Å². The van der Waals surface area contributed by atoms with Crippen molar-refractivity contribution in [2.45, 2.75) is 6.92 Å². The standard InChI is InChI=1S/C11H10FN5O4/c1-5-15-16-11(21-5)14-10(18)6-3-8(13-2)7(12)4-9(6)17(19)20/h3-4,13H,1-2H3,(H,14,16,18). The van der Waals surface area contributed by atoms with Gasteiger partial charge in [-0.2, -0.15) is 0 Å². The zero-order valence-electron chi connectivity index (χ0n) is 11.0. The maximum Gasteiger partial charge on any atom is 0.322 e. The number of aryl methyl sites for hydroxylation is 1. The van der Waals surface area contributed by atoms with Crippen LogP contribution in [0.2, 0.25) is 0 Å². The molecule has 0 radical (unpaired) electrons. The lowest BCUT2D eigenvalue weighted by atomic mass is 10.1. The zero-order valence-corrected chi connectivity index (χ0v) is 11.0. The summed E-state index contributed by atoms with van der Waals surface area (Å²) < 4.78 is 18.5. The molecule has 1 heterocycles. The molecule has 0 saturated carbocycles. The first kappa shape index (κ1) is 14.4. The number of hydrogen-bond acceptors (Lipinski definition) is 7. The average molecular weight is 295 g/mol. The third-order valence-electron chi connectivity index (χ3n) is 2.54. The van der Waals surface area contributed by atoms with Crippen LogP contribution in [0.3, 0.4) is 0 Å². The maximum absolute atomic E-state index is 13.5. The molecule has 1 aromatic carbocycles. The summed E-state index contributed by atoms with van der Waals surface area (Å²) in [5, 5.41) is 22.7. The Hall–Kier alpha value is -3.04. The van der Waals surface area contributed by atoms with E-state index >= 15 is 0 Å². The second kappa shape index (κ2) is 5.53. The number of aromatic nitrogens is 2. The Labute approximate surface area is 117 Å². The Kier molecular flexibility index (Phi) is 3.78. The van der Waals surface area contributed by atoms with Crippen LogP contribution >= 0.6 is 0 Å². The Balaban J connectivity index is 2.40. The first-order chi connectivity index (χ1) is 9.92. The van der Waals surface area contributed by atoms with Crippen LogP contribution in [0.15, 0.2) is 16.5 Å². The van der Waals surface area contributed by atoms with Crippen molar-refractivity contribution in [3.63, 3.8) is 0 Å². The van der Waals surface area contributed by atoms with Gasteiger partial charge in [0.05, 0.1) is 16.7 Å². The van der Waals surface area contributed by atoms with Crippen molar-refractivity contribution in [3.05, 3.63) is 39.5 Å². The van der Waals surface area contributed by atoms with Gasteiger partial charge in [0, 0.05) is 14.0 Å². The van der Waals surface area contributed by atoms with Gasteiger partial charge in [-0.25, -0.2) is 4.39 Å². The number of nitro benzene ring substituents is 1. The predicted octanol–water partition coefficient (Wildman–Crippen LogP) is 1.72. The molecule has 0 spiro atoms. The molecule has 2 aromatic rings. The highest BCUT2D eigenvalue weighted by molar-refractivity contribution is 6.06. The molecule has 9 nitrogen and oxygen atoms in total. The predicted molar refractivity (Wildman–Crippen MR) is 69.6 cm³/mol. The lowest BCUT2D eigenvalue weighted by Gasteiger charge is -2.06. The summed E-state index contributed by atoms with van der Waals surface area (Å²) in [6, 6.07) is 1.49. The number of hydrogen-bond donors (Lipinski definition) is 2. The van der Waals surface area contributed by atoms with Crippen molar-refractivity contribution in [1.29, 1.82) is 0 Å². The molecule has 1 amide bonds. The smallest absolute Gasteiger partial charge is 0.322 e. The fraction of sp³-hybridized carbons (Fsp3) is 0.182. The number of carbonyl (C=O) groups is 1. The summed E-state index contributed by atoms with van der Waals surface area (Å²) in [6.45, 7) is 1.52. The summed E-state index contributed by atoms with van der Waals surface area (Å²) in [5.41, 5.74) is -1.05. The number of carbonyl (C=O) groups excluding carboxylic acids is 1. The summed E-state index contributed by atoms with van der Waals surface area (Å²) in [6.07, 6.45) is 0. The van der Waals surface area contributed by atoms with Crippen LogP contribution in [-0.4, -0.2) is 28.1 Å². The average Bonchev–Trinajstić information content (AvgIpc) is 2.83. The minimum atomic E-state index is -0.859. The molecule has 21 heavy (non-hydrogen) atoms. The number of halogens is 1. The highest BCUT2D eigenvalue weighted by atomic mass is 19.1. The molecule has 0 aliphatic heterocycles. The van der Waals surface area contributed by atoms with Crippen LogP contribution in [-0.2, 0) is 0 Å². The van der Waals surface area contributed by atoms with Crippen LogP contribution in [0.5, 0.6) is 0 Å². The monoisotopic (exact) mass is 295 g/mol. The highest BCUT2D eigenvalue weighted by Gasteiger charge is 2.24. The molecular formula is C11H10FN5O4. The molecule has 0 fully saturated rings. The minimum absolute atomic E-state index is 0.0486. The summed E-state index contributed by atoms with van der Waals surface area (Å²) >= 11 is 0. The SMILES string of the molecule is CNc1cc(C(=O)Nc2nnc(C)o2)c([N+](=O)[O-])cc1F. The molecule has 110 valence electrons. The van der Waals surface area contributed by atoms with E-state index in [-0.39, 0.29) is 23.2 Å². The number of anilines is 2. The van der Waals surface area contributed by atoms with Crippen molar-refractivity contribution in [1.82, 2.24) is 10.2 Å². The van der Waals surface area contributed by atoms with Crippen molar-refractivity contribution in [3.8, 4) is 0 Å². The van der Waals surface area contributed by atoms with Crippen molar-refractivity contribution < 1.29 is 18.5 Å². The van der Waals surface area contributed by atoms with Crippen LogP contribution < -0.4 is 10.6 Å². The van der Waals surface area contributed by atoms with Gasteiger partial charge >= 0.3 is 6.01 Å². The van der Waals surface area contributed by atoms with Crippen molar-refractivity contribution >= 4 is 23.3 Å². The number of nitrogens with one attached hydrogen (secondary N) is 2. The second-order valence-corrected chi connectivity index (χ2v) is 3.94. The number of nitrogens with zero attached hydrogens (tertiary/aromatic N) is 3. The summed E-state index contributed by atoms with van der Waals surface area (Å²) in [4.78, 5) is 22.1. The van der Waals surface area contributed by atoms with Gasteiger partial charge in [-0.05, 0) is 6.07 Å². The Morgan fingerprint density at radius 1 is 1.43 bits per heavy atom. The normalized spacial score (nSPS) is 10.2. The lowest BCUT2D eigenvalue weighted by molar-refractivity contribution is -0.385. The third-order valence-corrected chi connectivity index (χ3v) is 2.54. The Bertz CT molecular complexity index is 715. The van der Waals surface area contributed by atoms with Crippen molar-refractivity contribution in [2.75, 3.05) is 17.7 Å². The lowest BCUT2D eigenvalue weighted by Crippen LogP contribution is -2.15. The Morgan fingerprint density at radius 3 is 2.67 bits per heavy atom. The Morgan fingerprint density at radius 2 is 2.14 bits per heavy atom. The van der Waals surface area contributed by atoms with Gasteiger partial charge in [0.25, 0.3) is 11.6 Å². The van der Waals surface area contributed by atoms with E-state index in [0.29, 0.717) is 6.07 Å². The number of amides is 1. The molecule has 0 aliphatic rings. The fourth-order valence-electron chi connectivity index (χ4n) is 1.60. The van der Waals surface area contributed by atoms with Gasteiger partial charge in [-0.3, -0.25) is 20.2 Å². The van der Waals surface area contributed by atoms with Gasteiger partial charge in [0.2, 0.25) is 5.89 Å². The zero-order chi connectivity index (χ0) is 15.6. The fourth-order valence-corrected chi connectivity index (χ4v) is 1.60. The minimum Gasteiger partial charge on any atom is -0.408 e. The molecular weight excluding hydrogens is 285 g/mol. The number of benzene rings is 1. The first-order valence-corrected chi connectivity index (χ1v) is 5.69. The van der Waals surface area contributed by atoms with Crippen LogP contribution in [0.1, 0.15) is 16.2 Å². The van der Waals surface area contributed by atoms with Gasteiger partial charge in [-0.15, -0.1) is 5.10 Å². The number of nitro groups is 1. The van der Waals surface area contributed by atoms with Gasteiger partial charge in [0.1, 0.15) is 5.56 Å². The molecule has 2 rings (SSSR count). The first-order valence-electron chi connectivity index (χ1n) is 5.69.